The topological polar surface area (TPSA) is 74.6 Å². The van der Waals surface area contributed by atoms with Gasteiger partial charge < -0.3 is 5.84 Å². The number of hydrogen-bond acceptors (Lipinski definition) is 3. The van der Waals surface area contributed by atoms with E-state index in [1.807, 2.05) is 0 Å². The predicted molar refractivity (Wildman–Crippen MR) is 41.8 cm³/mol. The Kier molecular flexibility index (Phi) is 1.82. The fourth-order valence-electron chi connectivity index (χ4n) is 0.527. The Morgan fingerprint density at radius 1 is 1.70 bits per heavy atom. The van der Waals surface area contributed by atoms with Crippen LogP contribution in [0.15, 0.2) is 21.2 Å². The van der Waals surface area contributed by atoms with E-state index in [4.69, 9.17) is 22.9 Å². The Morgan fingerprint density at radius 2 is 2.40 bits per heavy atom. The van der Waals surface area contributed by atoms with Crippen LogP contribution in [0.5, 0.6) is 0 Å². The minimum absolute atomic E-state index is 0.0342. The van der Waals surface area contributed by atoms with Crippen LogP contribution < -0.4 is 5.84 Å². The maximum Gasteiger partial charge on any atom is 0.172 e. The van der Waals surface area contributed by atoms with E-state index >= 15 is 0 Å². The number of dihydropyridines is 1. The quantitative estimate of drug-likeness (QED) is 0.389. The molecule has 0 aromatic carbocycles. The summed E-state index contributed by atoms with van der Waals surface area (Å²) in [6.45, 7) is 0. The van der Waals surface area contributed by atoms with Crippen molar-refractivity contribution in [2.24, 2.45) is 15.9 Å². The standard InChI is InChI=1S/C5H5ClN4/c6-3-1-4(10-8)5(7)9-2-3/h1-2,7H,8H2/b7-5?,10-4-. The molecule has 0 radical (unpaired) electrons. The zero-order valence-electron chi connectivity index (χ0n) is 5.00. The normalized spacial score (nSPS) is 21.5. The van der Waals surface area contributed by atoms with Gasteiger partial charge in [0.05, 0.1) is 5.03 Å². The fraction of sp³-hybridized carbons (Fsp3) is 0. The zero-order chi connectivity index (χ0) is 7.56. The van der Waals surface area contributed by atoms with Gasteiger partial charge in [0.15, 0.2) is 5.84 Å². The molecule has 1 rings (SSSR count). The van der Waals surface area contributed by atoms with Gasteiger partial charge in [0.1, 0.15) is 5.71 Å². The van der Waals surface area contributed by atoms with Gasteiger partial charge in [0.2, 0.25) is 0 Å². The molecule has 1 aliphatic rings. The second-order valence-electron chi connectivity index (χ2n) is 1.65. The van der Waals surface area contributed by atoms with Crippen molar-refractivity contribution in [3.8, 4) is 0 Å². The summed E-state index contributed by atoms with van der Waals surface area (Å²) in [4.78, 5) is 3.61. The van der Waals surface area contributed by atoms with Gasteiger partial charge in [-0.2, -0.15) is 5.10 Å². The van der Waals surface area contributed by atoms with Gasteiger partial charge in [0, 0.05) is 6.21 Å². The first kappa shape index (κ1) is 6.95. The molecule has 0 amide bonds. The van der Waals surface area contributed by atoms with Crippen LogP contribution in [0.4, 0.5) is 0 Å². The first-order chi connectivity index (χ1) is 4.74. The van der Waals surface area contributed by atoms with Gasteiger partial charge in [0.25, 0.3) is 0 Å². The van der Waals surface area contributed by atoms with Crippen LogP contribution in [0.2, 0.25) is 0 Å². The highest BCUT2D eigenvalue weighted by molar-refractivity contribution is 6.53. The highest BCUT2D eigenvalue weighted by atomic mass is 35.5. The largest absolute Gasteiger partial charge is 0.323 e. The first-order valence-electron chi connectivity index (χ1n) is 2.52. The Labute approximate surface area is 62.6 Å². The maximum absolute atomic E-state index is 7.12. The zero-order valence-corrected chi connectivity index (χ0v) is 5.76. The lowest BCUT2D eigenvalue weighted by molar-refractivity contribution is 1.25. The van der Waals surface area contributed by atoms with Crippen LogP contribution in [-0.2, 0) is 0 Å². The summed E-state index contributed by atoms with van der Waals surface area (Å²) in [7, 11) is 0. The number of allylic oxidation sites excluding steroid dienone is 1. The molecule has 0 unspecified atom stereocenters. The molecule has 52 valence electrons. The molecule has 1 aliphatic heterocycles. The summed E-state index contributed by atoms with van der Waals surface area (Å²) in [5, 5.41) is 10.9. The highest BCUT2D eigenvalue weighted by Crippen LogP contribution is 2.03. The lowest BCUT2D eigenvalue weighted by atomic mass is 10.3. The average molecular weight is 157 g/mol. The van der Waals surface area contributed by atoms with Crippen LogP contribution in [0.3, 0.4) is 0 Å². The minimum Gasteiger partial charge on any atom is -0.323 e. The van der Waals surface area contributed by atoms with Crippen molar-refractivity contribution in [3.63, 3.8) is 0 Å². The van der Waals surface area contributed by atoms with Crippen molar-refractivity contribution in [2.75, 3.05) is 0 Å². The van der Waals surface area contributed by atoms with Gasteiger partial charge >= 0.3 is 0 Å². The number of hydrazone groups is 1. The van der Waals surface area contributed by atoms with E-state index in [2.05, 4.69) is 10.1 Å². The molecule has 0 bridgehead atoms. The molecule has 0 aromatic rings. The molecular weight excluding hydrogens is 152 g/mol. The molecule has 0 aromatic heterocycles. The molecule has 1 heterocycles. The molecule has 0 aliphatic carbocycles. The van der Waals surface area contributed by atoms with Crippen molar-refractivity contribution < 1.29 is 0 Å². The summed E-state index contributed by atoms with van der Waals surface area (Å²) in [6.07, 6.45) is 2.86. The molecule has 0 fully saturated rings. The Morgan fingerprint density at radius 3 is 2.90 bits per heavy atom. The predicted octanol–water partition coefficient (Wildman–Crippen LogP) is 0.485. The molecule has 0 saturated heterocycles. The molecular formula is C5H5ClN4. The number of amidine groups is 1. The lowest BCUT2D eigenvalue weighted by Crippen LogP contribution is -2.14. The smallest absolute Gasteiger partial charge is 0.172 e. The van der Waals surface area contributed by atoms with Crippen molar-refractivity contribution >= 4 is 29.4 Å². The number of aliphatic imine (C=N–C) groups is 1. The van der Waals surface area contributed by atoms with E-state index in [9.17, 15) is 0 Å². The molecule has 4 nitrogen and oxygen atoms in total. The first-order valence-corrected chi connectivity index (χ1v) is 2.90. The van der Waals surface area contributed by atoms with E-state index in [1.54, 1.807) is 0 Å². The Balaban J connectivity index is 2.99. The summed E-state index contributed by atoms with van der Waals surface area (Å²) < 4.78 is 0. The van der Waals surface area contributed by atoms with Crippen LogP contribution >= 0.6 is 11.6 Å². The number of nitrogens with one attached hydrogen (secondary N) is 1. The fourth-order valence-corrected chi connectivity index (χ4v) is 0.679. The SMILES string of the molecule is N=C1N=CC(Cl)=C/C1=N/N. The number of nitrogens with two attached hydrogens (primary N) is 1. The molecule has 0 spiro atoms. The van der Waals surface area contributed by atoms with E-state index < -0.39 is 0 Å². The van der Waals surface area contributed by atoms with E-state index in [0.717, 1.165) is 0 Å². The van der Waals surface area contributed by atoms with Gasteiger partial charge in [-0.05, 0) is 6.08 Å². The number of hydrogen-bond donors (Lipinski definition) is 2. The monoisotopic (exact) mass is 156 g/mol. The second-order valence-corrected chi connectivity index (χ2v) is 2.09. The second kappa shape index (κ2) is 2.62. The van der Waals surface area contributed by atoms with Gasteiger partial charge in [-0.3, -0.25) is 5.41 Å². The van der Waals surface area contributed by atoms with Crippen LogP contribution in [0.1, 0.15) is 0 Å². The van der Waals surface area contributed by atoms with E-state index in [-0.39, 0.29) is 5.84 Å². The summed E-state index contributed by atoms with van der Waals surface area (Å²) in [5.74, 6) is 4.96. The molecule has 5 heteroatoms. The Hall–Kier alpha value is -1.16. The van der Waals surface area contributed by atoms with Gasteiger partial charge in [-0.15, -0.1) is 0 Å². The van der Waals surface area contributed by atoms with Crippen LogP contribution in [-0.4, -0.2) is 17.8 Å². The van der Waals surface area contributed by atoms with E-state index in [0.29, 0.717) is 10.7 Å². The third kappa shape index (κ3) is 1.22. The third-order valence-corrected chi connectivity index (χ3v) is 1.18. The number of halogens is 1. The van der Waals surface area contributed by atoms with E-state index in [1.165, 1.54) is 12.3 Å². The van der Waals surface area contributed by atoms with Gasteiger partial charge in [-0.1, -0.05) is 11.6 Å². The molecule has 0 atom stereocenters. The highest BCUT2D eigenvalue weighted by Gasteiger charge is 2.07. The number of rotatable bonds is 0. The summed E-state index contributed by atoms with van der Waals surface area (Å²) in [5.41, 5.74) is 0.299. The van der Waals surface area contributed by atoms with Crippen molar-refractivity contribution in [3.05, 3.63) is 11.1 Å². The number of nitrogens with zero attached hydrogens (tertiary/aromatic N) is 2. The van der Waals surface area contributed by atoms with Crippen molar-refractivity contribution in [1.82, 2.24) is 0 Å². The minimum atomic E-state index is 0.0342. The third-order valence-electron chi connectivity index (χ3n) is 0.973. The Bertz CT molecular complexity index is 250. The lowest BCUT2D eigenvalue weighted by Gasteiger charge is -2.00. The molecule has 3 N–H and O–H groups in total. The molecule has 10 heavy (non-hydrogen) atoms. The maximum atomic E-state index is 7.12. The van der Waals surface area contributed by atoms with Crippen LogP contribution in [0, 0.1) is 5.41 Å². The van der Waals surface area contributed by atoms with Crippen molar-refractivity contribution in [1.29, 1.82) is 5.41 Å². The summed E-state index contributed by atoms with van der Waals surface area (Å²) >= 11 is 5.53. The van der Waals surface area contributed by atoms with Crippen molar-refractivity contribution in [2.45, 2.75) is 0 Å². The average Bonchev–Trinajstić information content (AvgIpc) is 1.94. The molecule has 0 saturated carbocycles. The van der Waals surface area contributed by atoms with Gasteiger partial charge in [-0.25, -0.2) is 4.99 Å². The summed E-state index contributed by atoms with van der Waals surface area (Å²) in [6, 6.07) is 0. The van der Waals surface area contributed by atoms with Crippen LogP contribution in [0.25, 0.3) is 0 Å².